The molecule has 0 aliphatic rings. The normalized spacial score (nSPS) is 11.1. The van der Waals surface area contributed by atoms with Gasteiger partial charge < -0.3 is 4.57 Å². The summed E-state index contributed by atoms with van der Waals surface area (Å²) in [4.78, 5) is 0.937. The third kappa shape index (κ3) is 3.06. The fourth-order valence-electron chi connectivity index (χ4n) is 2.83. The Labute approximate surface area is 160 Å². The molecule has 0 fully saturated rings. The van der Waals surface area contributed by atoms with Gasteiger partial charge >= 0.3 is 0 Å². The number of allylic oxidation sites excluding steroid dienone is 1. The van der Waals surface area contributed by atoms with Gasteiger partial charge in [-0.05, 0) is 41.8 Å². The first-order chi connectivity index (χ1) is 13.3. The van der Waals surface area contributed by atoms with E-state index in [0.717, 1.165) is 10.6 Å². The number of nitrogens with zero attached hydrogens (tertiary/aromatic N) is 5. The van der Waals surface area contributed by atoms with Gasteiger partial charge in [0.1, 0.15) is 23.4 Å². The van der Waals surface area contributed by atoms with E-state index in [4.69, 9.17) is 0 Å². The van der Waals surface area contributed by atoms with Crippen molar-refractivity contribution in [2.24, 2.45) is 0 Å². The van der Waals surface area contributed by atoms with Crippen LogP contribution in [-0.4, -0.2) is 14.3 Å². The molecular formula is C21H13N5S. The highest BCUT2D eigenvalue weighted by atomic mass is 32.1. The first-order valence-electron chi connectivity index (χ1n) is 8.19. The third-order valence-corrected chi connectivity index (χ3v) is 4.85. The Kier molecular flexibility index (Phi) is 4.40. The molecule has 0 unspecified atom stereocenters. The SMILES string of the molecule is N#CC(=Cc1cccs1)c1nn(-c2ccccc2)c(-n2cccc2)c1C#N. The quantitative estimate of drug-likeness (QED) is 0.493. The molecule has 1 aromatic carbocycles. The molecule has 5 nitrogen and oxygen atoms in total. The lowest BCUT2D eigenvalue weighted by molar-refractivity contribution is 0.820. The van der Waals surface area contributed by atoms with Crippen molar-refractivity contribution >= 4 is 23.0 Å². The third-order valence-electron chi connectivity index (χ3n) is 4.03. The number of hydrogen-bond acceptors (Lipinski definition) is 4. The Morgan fingerprint density at radius 1 is 1.00 bits per heavy atom. The molecule has 0 saturated heterocycles. The molecule has 0 amide bonds. The van der Waals surface area contributed by atoms with Gasteiger partial charge in [-0.3, -0.25) is 0 Å². The highest BCUT2D eigenvalue weighted by Crippen LogP contribution is 2.28. The smallest absolute Gasteiger partial charge is 0.159 e. The summed E-state index contributed by atoms with van der Waals surface area (Å²) in [6, 6.07) is 21.6. The van der Waals surface area contributed by atoms with Crippen molar-refractivity contribution in [1.29, 1.82) is 10.5 Å². The Hall–Kier alpha value is -3.87. The second-order valence-electron chi connectivity index (χ2n) is 5.68. The summed E-state index contributed by atoms with van der Waals surface area (Å²) in [6.45, 7) is 0. The van der Waals surface area contributed by atoms with Gasteiger partial charge in [0.05, 0.1) is 11.3 Å². The molecule has 4 rings (SSSR count). The standard InChI is InChI=1S/C21H13N5S/c22-14-16(13-18-9-6-12-27-18)20-19(15-23)21(25-10-4-5-11-25)26(24-20)17-7-2-1-3-8-17/h1-13H. The molecule has 0 radical (unpaired) electrons. The fraction of sp³-hybridized carbons (Fsp3) is 0. The number of thiophene rings is 1. The van der Waals surface area contributed by atoms with Gasteiger partial charge in [-0.2, -0.15) is 15.6 Å². The minimum absolute atomic E-state index is 0.358. The minimum atomic E-state index is 0.358. The minimum Gasteiger partial charge on any atom is -0.307 e. The second kappa shape index (κ2) is 7.17. The molecule has 0 aliphatic carbocycles. The Morgan fingerprint density at radius 3 is 2.41 bits per heavy atom. The van der Waals surface area contributed by atoms with Gasteiger partial charge in [-0.1, -0.05) is 24.3 Å². The summed E-state index contributed by atoms with van der Waals surface area (Å²) in [6.07, 6.45) is 5.48. The predicted molar refractivity (Wildman–Crippen MR) is 105 cm³/mol. The Morgan fingerprint density at radius 2 is 1.78 bits per heavy atom. The molecular weight excluding hydrogens is 354 g/mol. The van der Waals surface area contributed by atoms with Crippen molar-refractivity contribution in [1.82, 2.24) is 14.3 Å². The van der Waals surface area contributed by atoms with E-state index in [2.05, 4.69) is 17.2 Å². The van der Waals surface area contributed by atoms with Crippen molar-refractivity contribution < 1.29 is 0 Å². The molecule has 3 heterocycles. The van der Waals surface area contributed by atoms with Crippen LogP contribution in [0.1, 0.15) is 16.1 Å². The van der Waals surface area contributed by atoms with Crippen LogP contribution in [0.3, 0.4) is 0 Å². The lowest BCUT2D eigenvalue weighted by atomic mass is 10.1. The molecule has 0 spiro atoms. The molecule has 128 valence electrons. The monoisotopic (exact) mass is 367 g/mol. The van der Waals surface area contributed by atoms with Crippen molar-refractivity contribution in [2.45, 2.75) is 0 Å². The summed E-state index contributed by atoms with van der Waals surface area (Å²) in [5.74, 6) is 0.607. The van der Waals surface area contributed by atoms with Crippen LogP contribution in [0.15, 0.2) is 72.4 Å². The highest BCUT2D eigenvalue weighted by molar-refractivity contribution is 7.10. The molecule has 0 aliphatic heterocycles. The maximum absolute atomic E-state index is 9.88. The average Bonchev–Trinajstić information content (AvgIpc) is 3.46. The average molecular weight is 367 g/mol. The highest BCUT2D eigenvalue weighted by Gasteiger charge is 2.22. The molecule has 6 heteroatoms. The lowest BCUT2D eigenvalue weighted by Crippen LogP contribution is -2.04. The molecule has 0 bridgehead atoms. The summed E-state index contributed by atoms with van der Waals surface area (Å²) in [5.41, 5.74) is 1.91. The van der Waals surface area contributed by atoms with Crippen LogP contribution in [-0.2, 0) is 0 Å². The number of nitriles is 2. The van der Waals surface area contributed by atoms with E-state index in [0.29, 0.717) is 22.6 Å². The van der Waals surface area contributed by atoms with E-state index < -0.39 is 0 Å². The van der Waals surface area contributed by atoms with E-state index in [1.807, 2.05) is 76.9 Å². The van der Waals surface area contributed by atoms with Gasteiger partial charge in [0, 0.05) is 17.3 Å². The summed E-state index contributed by atoms with van der Waals surface area (Å²) >= 11 is 1.53. The largest absolute Gasteiger partial charge is 0.307 e. The van der Waals surface area contributed by atoms with Gasteiger partial charge in [0.2, 0.25) is 0 Å². The van der Waals surface area contributed by atoms with Crippen LogP contribution >= 0.6 is 11.3 Å². The van der Waals surface area contributed by atoms with Crippen molar-refractivity contribution in [3.05, 3.63) is 88.5 Å². The fourth-order valence-corrected chi connectivity index (χ4v) is 3.49. The molecule has 3 aromatic heterocycles. The van der Waals surface area contributed by atoms with E-state index in [1.165, 1.54) is 11.3 Å². The van der Waals surface area contributed by atoms with E-state index in [-0.39, 0.29) is 0 Å². The molecule has 0 N–H and O–H groups in total. The van der Waals surface area contributed by atoms with Gasteiger partial charge in [-0.15, -0.1) is 11.3 Å². The molecule has 0 atom stereocenters. The summed E-state index contributed by atoms with van der Waals surface area (Å²) < 4.78 is 3.54. The van der Waals surface area contributed by atoms with Crippen LogP contribution < -0.4 is 0 Å². The number of aromatic nitrogens is 3. The van der Waals surface area contributed by atoms with E-state index in [9.17, 15) is 10.5 Å². The number of hydrogen-bond donors (Lipinski definition) is 0. The maximum Gasteiger partial charge on any atom is 0.159 e. The van der Waals surface area contributed by atoms with Gasteiger partial charge in [0.15, 0.2) is 5.82 Å². The Balaban J connectivity index is 1.99. The van der Waals surface area contributed by atoms with Crippen LogP contribution in [0.4, 0.5) is 0 Å². The number of rotatable bonds is 4. The zero-order valence-electron chi connectivity index (χ0n) is 14.1. The summed E-state index contributed by atoms with van der Waals surface area (Å²) in [7, 11) is 0. The van der Waals surface area contributed by atoms with Crippen molar-refractivity contribution in [3.8, 4) is 23.6 Å². The van der Waals surface area contributed by atoms with Crippen molar-refractivity contribution in [3.63, 3.8) is 0 Å². The van der Waals surface area contributed by atoms with Crippen LogP contribution in [0, 0.1) is 22.7 Å². The van der Waals surface area contributed by atoms with Gasteiger partial charge in [-0.25, -0.2) is 4.68 Å². The molecule has 4 aromatic rings. The van der Waals surface area contributed by atoms with Crippen LogP contribution in [0.25, 0.3) is 23.2 Å². The maximum atomic E-state index is 9.88. The number of benzene rings is 1. The Bertz CT molecular complexity index is 1170. The van der Waals surface area contributed by atoms with Crippen LogP contribution in [0.5, 0.6) is 0 Å². The zero-order valence-corrected chi connectivity index (χ0v) is 15.0. The molecule has 0 saturated carbocycles. The first kappa shape index (κ1) is 16.6. The predicted octanol–water partition coefficient (Wildman–Crippen LogP) is 4.66. The molecule has 27 heavy (non-hydrogen) atoms. The van der Waals surface area contributed by atoms with E-state index >= 15 is 0 Å². The topological polar surface area (TPSA) is 70.3 Å². The summed E-state index contributed by atoms with van der Waals surface area (Å²) in [5, 5.41) is 26.2. The van der Waals surface area contributed by atoms with Gasteiger partial charge in [0.25, 0.3) is 0 Å². The second-order valence-corrected chi connectivity index (χ2v) is 6.66. The number of para-hydroxylation sites is 1. The lowest BCUT2D eigenvalue weighted by Gasteiger charge is -2.08. The first-order valence-corrected chi connectivity index (χ1v) is 9.07. The van der Waals surface area contributed by atoms with Crippen LogP contribution in [0.2, 0.25) is 0 Å². The van der Waals surface area contributed by atoms with E-state index in [1.54, 1.807) is 10.8 Å². The zero-order chi connectivity index (χ0) is 18.6. The van der Waals surface area contributed by atoms with Crippen molar-refractivity contribution in [2.75, 3.05) is 0 Å².